The number of hydrogen-bond acceptors (Lipinski definition) is 6. The van der Waals surface area contributed by atoms with Crippen molar-refractivity contribution in [1.29, 1.82) is 0 Å². The topological polar surface area (TPSA) is 92.4 Å². The maximum Gasteiger partial charge on any atom is 0.470 e. The van der Waals surface area contributed by atoms with Crippen molar-refractivity contribution in [3.8, 4) is 22.6 Å². The molecule has 0 radical (unpaired) electrons. The summed E-state index contributed by atoms with van der Waals surface area (Å²) in [6.07, 6.45) is -1.45. The number of alkyl halides is 3. The molecule has 1 aliphatic rings. The molecular weight excluding hydrogens is 538 g/mol. The van der Waals surface area contributed by atoms with E-state index in [1.165, 1.54) is 17.0 Å². The number of carbonyl (C=O) groups excluding carboxylic acids is 1. The molecule has 2 aromatic carbocycles. The van der Waals surface area contributed by atoms with Crippen LogP contribution in [-0.4, -0.2) is 54.9 Å². The van der Waals surface area contributed by atoms with Crippen molar-refractivity contribution in [3.63, 3.8) is 0 Å². The van der Waals surface area contributed by atoms with Crippen LogP contribution < -0.4 is 4.90 Å². The number of hydrogen-bond donors (Lipinski definition) is 0. The van der Waals surface area contributed by atoms with Gasteiger partial charge >= 0.3 is 18.1 Å². The molecule has 0 unspecified atom stereocenters. The third-order valence-electron chi connectivity index (χ3n) is 6.15. The van der Waals surface area contributed by atoms with Crippen LogP contribution in [0.5, 0.6) is 0 Å². The molecule has 2 amide bonds. The van der Waals surface area contributed by atoms with Gasteiger partial charge in [0.1, 0.15) is 5.82 Å². The highest BCUT2D eigenvalue weighted by atomic mass is 32.2. The first-order chi connectivity index (χ1) is 18.7. The van der Waals surface area contributed by atoms with Crippen molar-refractivity contribution in [3.05, 3.63) is 84.3 Å². The number of urea groups is 1. The standard InChI is InChI=1S/C26H21F4N5O3S/c27-22-14-18(23-32-33-24(38-23)26(28,29)30)3-4-20(22)16-35(25(36)34-10-12-39(37)13-11-34)21-7-5-17(6-8-21)19-2-1-9-31-15-19/h1-9,14-15H,10-13,16H2. The van der Waals surface area contributed by atoms with Crippen LogP contribution in [0.15, 0.2) is 71.4 Å². The molecule has 0 N–H and O–H groups in total. The van der Waals surface area contributed by atoms with E-state index in [1.807, 2.05) is 24.3 Å². The Kier molecular flexibility index (Phi) is 7.42. The van der Waals surface area contributed by atoms with Gasteiger partial charge in [0.15, 0.2) is 0 Å². The van der Waals surface area contributed by atoms with E-state index in [9.17, 15) is 22.2 Å². The predicted octanol–water partition coefficient (Wildman–Crippen LogP) is 5.15. The van der Waals surface area contributed by atoms with E-state index in [1.54, 1.807) is 29.4 Å². The minimum atomic E-state index is -4.82. The smallest absolute Gasteiger partial charge is 0.413 e. The molecule has 8 nitrogen and oxygen atoms in total. The molecule has 13 heteroatoms. The van der Waals surface area contributed by atoms with E-state index >= 15 is 4.39 Å². The minimum Gasteiger partial charge on any atom is -0.413 e. The Morgan fingerprint density at radius 3 is 2.33 bits per heavy atom. The number of carbonyl (C=O) groups is 1. The van der Waals surface area contributed by atoms with Gasteiger partial charge in [-0.25, -0.2) is 9.18 Å². The number of benzene rings is 2. The fourth-order valence-electron chi connectivity index (χ4n) is 4.07. The molecule has 0 saturated carbocycles. The molecule has 202 valence electrons. The van der Waals surface area contributed by atoms with Crippen LogP contribution in [0.2, 0.25) is 0 Å². The van der Waals surface area contributed by atoms with Gasteiger partial charge in [-0.3, -0.25) is 14.1 Å². The van der Waals surface area contributed by atoms with E-state index in [0.29, 0.717) is 30.3 Å². The Morgan fingerprint density at radius 2 is 1.72 bits per heavy atom. The van der Waals surface area contributed by atoms with Crippen molar-refractivity contribution in [2.45, 2.75) is 12.7 Å². The molecule has 1 fully saturated rings. The average molecular weight is 560 g/mol. The molecule has 1 saturated heterocycles. The predicted molar refractivity (Wildman–Crippen MR) is 135 cm³/mol. The summed E-state index contributed by atoms with van der Waals surface area (Å²) in [5.41, 5.74) is 2.36. The van der Waals surface area contributed by atoms with Crippen LogP contribution in [0.1, 0.15) is 11.5 Å². The van der Waals surface area contributed by atoms with E-state index in [4.69, 9.17) is 0 Å². The molecule has 2 aromatic heterocycles. The summed E-state index contributed by atoms with van der Waals surface area (Å²) < 4.78 is 70.0. The number of rotatable bonds is 5. The van der Waals surface area contributed by atoms with E-state index < -0.39 is 34.6 Å². The van der Waals surface area contributed by atoms with Gasteiger partial charge in [-0.15, -0.1) is 10.2 Å². The first-order valence-corrected chi connectivity index (χ1v) is 13.3. The lowest BCUT2D eigenvalue weighted by atomic mass is 10.1. The number of amides is 2. The monoisotopic (exact) mass is 559 g/mol. The minimum absolute atomic E-state index is 0.0311. The largest absolute Gasteiger partial charge is 0.470 e. The molecule has 0 atom stereocenters. The molecule has 0 aliphatic carbocycles. The summed E-state index contributed by atoms with van der Waals surface area (Å²) in [5.74, 6) is -2.06. The highest BCUT2D eigenvalue weighted by Gasteiger charge is 2.38. The highest BCUT2D eigenvalue weighted by molar-refractivity contribution is 7.85. The summed E-state index contributed by atoms with van der Waals surface area (Å²) >= 11 is 0. The molecule has 3 heterocycles. The third-order valence-corrected chi connectivity index (χ3v) is 7.42. The molecule has 4 aromatic rings. The zero-order valence-corrected chi connectivity index (χ0v) is 21.1. The van der Waals surface area contributed by atoms with Crippen LogP contribution in [0.4, 0.5) is 28.0 Å². The lowest BCUT2D eigenvalue weighted by molar-refractivity contribution is -0.156. The normalized spacial score (nSPS) is 14.4. The van der Waals surface area contributed by atoms with Gasteiger partial charge in [0.25, 0.3) is 0 Å². The molecule has 0 bridgehead atoms. The van der Waals surface area contributed by atoms with E-state index in [0.717, 1.165) is 17.2 Å². The third kappa shape index (κ3) is 5.98. The highest BCUT2D eigenvalue weighted by Crippen LogP contribution is 2.31. The molecular formula is C26H21F4N5O3S. The maximum atomic E-state index is 15.2. The van der Waals surface area contributed by atoms with Crippen LogP contribution >= 0.6 is 0 Å². The summed E-state index contributed by atoms with van der Waals surface area (Å²) in [6, 6.07) is 14.2. The number of pyridine rings is 1. The molecule has 39 heavy (non-hydrogen) atoms. The van der Waals surface area contributed by atoms with Crippen LogP contribution in [0, 0.1) is 5.82 Å². The van der Waals surface area contributed by atoms with Crippen LogP contribution in [0.25, 0.3) is 22.6 Å². The first kappa shape index (κ1) is 26.5. The van der Waals surface area contributed by atoms with Gasteiger partial charge in [0.2, 0.25) is 5.89 Å². The van der Waals surface area contributed by atoms with E-state index in [-0.39, 0.29) is 23.7 Å². The summed E-state index contributed by atoms with van der Waals surface area (Å²) in [7, 11) is -0.995. The zero-order valence-electron chi connectivity index (χ0n) is 20.3. The van der Waals surface area contributed by atoms with E-state index in [2.05, 4.69) is 19.6 Å². The number of aromatic nitrogens is 3. The Labute approximate surface area is 222 Å². The Morgan fingerprint density at radius 1 is 1.00 bits per heavy atom. The number of anilines is 1. The van der Waals surface area contributed by atoms with Crippen molar-refractivity contribution in [1.82, 2.24) is 20.1 Å². The fourth-order valence-corrected chi connectivity index (χ4v) is 5.12. The summed E-state index contributed by atoms with van der Waals surface area (Å²) in [6.45, 7) is 0.445. The first-order valence-electron chi connectivity index (χ1n) is 11.8. The van der Waals surface area contributed by atoms with Crippen molar-refractivity contribution < 1.29 is 31.0 Å². The summed E-state index contributed by atoms with van der Waals surface area (Å²) in [5, 5.41) is 6.32. The maximum absolute atomic E-state index is 15.2. The molecule has 5 rings (SSSR count). The average Bonchev–Trinajstić information content (AvgIpc) is 3.45. The van der Waals surface area contributed by atoms with Gasteiger partial charge in [-0.1, -0.05) is 24.3 Å². The second-order valence-corrected chi connectivity index (χ2v) is 10.4. The van der Waals surface area contributed by atoms with Gasteiger partial charge in [-0.05, 0) is 41.5 Å². The van der Waals surface area contributed by atoms with Crippen molar-refractivity contribution in [2.24, 2.45) is 0 Å². The number of halogens is 4. The van der Waals surface area contributed by atoms with Crippen molar-refractivity contribution >= 4 is 22.5 Å². The van der Waals surface area contributed by atoms with Crippen LogP contribution in [0.3, 0.4) is 0 Å². The second-order valence-electron chi connectivity index (χ2n) is 8.71. The molecule has 1 aliphatic heterocycles. The van der Waals surface area contributed by atoms with Gasteiger partial charge in [0, 0.05) is 64.6 Å². The SMILES string of the molecule is O=C(N1CCS(=O)CC1)N(Cc1ccc(-c2nnc(C(F)(F)F)o2)cc1F)c1ccc(-c2cccnc2)cc1. The van der Waals surface area contributed by atoms with Crippen LogP contribution in [-0.2, 0) is 23.5 Å². The van der Waals surface area contributed by atoms with Gasteiger partial charge in [-0.2, -0.15) is 13.2 Å². The fraction of sp³-hybridized carbons (Fsp3) is 0.231. The summed E-state index contributed by atoms with van der Waals surface area (Å²) in [4.78, 5) is 20.6. The quantitative estimate of drug-likeness (QED) is 0.314. The Bertz CT molecular complexity index is 1490. The van der Waals surface area contributed by atoms with Crippen molar-refractivity contribution in [2.75, 3.05) is 29.5 Å². The van der Waals surface area contributed by atoms with Gasteiger partial charge < -0.3 is 9.32 Å². The second kappa shape index (κ2) is 10.9. The Hall–Kier alpha value is -4.13. The Balaban J connectivity index is 1.43. The van der Waals surface area contributed by atoms with Gasteiger partial charge in [0.05, 0.1) is 6.54 Å². The molecule has 0 spiro atoms. The zero-order chi connectivity index (χ0) is 27.6. The lowest BCUT2D eigenvalue weighted by Crippen LogP contribution is -2.48. The number of nitrogens with zero attached hydrogens (tertiary/aromatic N) is 5. The lowest BCUT2D eigenvalue weighted by Gasteiger charge is -2.33.